The molecule has 0 aliphatic rings. The van der Waals surface area contributed by atoms with Crippen LogP contribution >= 0.6 is 11.3 Å². The van der Waals surface area contributed by atoms with E-state index in [4.69, 9.17) is 9.56 Å². The van der Waals surface area contributed by atoms with Gasteiger partial charge in [0.15, 0.2) is 5.76 Å². The topological polar surface area (TPSA) is 102 Å². The SMILES string of the molecule is Cc1cc([C@H](C)NC(=O)c2ccc(S(N)(=O)=O)o2)c(C)s1. The Morgan fingerprint density at radius 1 is 1.38 bits per heavy atom. The molecule has 0 saturated carbocycles. The third kappa shape index (κ3) is 3.52. The lowest BCUT2D eigenvalue weighted by molar-refractivity contribution is 0.0906. The summed E-state index contributed by atoms with van der Waals surface area (Å²) in [5.41, 5.74) is 1.03. The molecule has 0 fully saturated rings. The van der Waals surface area contributed by atoms with Crippen molar-refractivity contribution in [3.63, 3.8) is 0 Å². The van der Waals surface area contributed by atoms with Gasteiger partial charge in [-0.25, -0.2) is 13.6 Å². The molecule has 1 atom stereocenters. The lowest BCUT2D eigenvalue weighted by Gasteiger charge is -2.12. The van der Waals surface area contributed by atoms with Crippen LogP contribution in [0.25, 0.3) is 0 Å². The molecule has 114 valence electrons. The van der Waals surface area contributed by atoms with Crippen molar-refractivity contribution in [1.82, 2.24) is 5.32 Å². The Bertz CT molecular complexity index is 774. The second-order valence-electron chi connectivity index (χ2n) is 4.73. The Morgan fingerprint density at radius 3 is 2.52 bits per heavy atom. The number of thiophene rings is 1. The Balaban J connectivity index is 2.15. The first kappa shape index (κ1) is 15.7. The Hall–Kier alpha value is -1.64. The Morgan fingerprint density at radius 2 is 2.05 bits per heavy atom. The summed E-state index contributed by atoms with van der Waals surface area (Å²) in [6.45, 7) is 5.85. The molecule has 21 heavy (non-hydrogen) atoms. The van der Waals surface area contributed by atoms with Crippen LogP contribution in [0.2, 0.25) is 0 Å². The van der Waals surface area contributed by atoms with Crippen LogP contribution in [0.4, 0.5) is 0 Å². The molecule has 1 amide bonds. The highest BCUT2D eigenvalue weighted by Crippen LogP contribution is 2.26. The molecule has 3 N–H and O–H groups in total. The first-order valence-electron chi connectivity index (χ1n) is 6.19. The van der Waals surface area contributed by atoms with Crippen LogP contribution in [0.15, 0.2) is 27.7 Å². The molecule has 6 nitrogen and oxygen atoms in total. The lowest BCUT2D eigenvalue weighted by Crippen LogP contribution is -2.26. The fourth-order valence-corrected chi connectivity index (χ4v) is 3.51. The number of rotatable bonds is 4. The summed E-state index contributed by atoms with van der Waals surface area (Å²) < 4.78 is 27.2. The molecule has 2 rings (SSSR count). The zero-order valence-corrected chi connectivity index (χ0v) is 13.5. The van der Waals surface area contributed by atoms with E-state index in [1.165, 1.54) is 6.07 Å². The molecule has 0 aromatic carbocycles. The van der Waals surface area contributed by atoms with Gasteiger partial charge in [0.25, 0.3) is 15.9 Å². The fourth-order valence-electron chi connectivity index (χ4n) is 2.02. The number of carbonyl (C=O) groups is 1. The van der Waals surface area contributed by atoms with Crippen molar-refractivity contribution in [3.05, 3.63) is 39.3 Å². The van der Waals surface area contributed by atoms with Crippen LogP contribution in [0.1, 0.15) is 38.8 Å². The van der Waals surface area contributed by atoms with Gasteiger partial charge in [0.05, 0.1) is 6.04 Å². The van der Waals surface area contributed by atoms with E-state index in [1.54, 1.807) is 11.3 Å². The van der Waals surface area contributed by atoms with Crippen molar-refractivity contribution in [3.8, 4) is 0 Å². The number of amides is 1. The third-order valence-electron chi connectivity index (χ3n) is 2.98. The standard InChI is InChI=1S/C13H16N2O4S2/c1-7-6-10(9(3)20-7)8(2)15-13(16)11-4-5-12(19-11)21(14,17)18/h4-6,8H,1-3H3,(H,15,16)(H2,14,17,18)/t8-/m0/s1. The number of hydrogen-bond donors (Lipinski definition) is 2. The van der Waals surface area contributed by atoms with Crippen LogP contribution in [0.3, 0.4) is 0 Å². The van der Waals surface area contributed by atoms with E-state index in [-0.39, 0.29) is 11.8 Å². The van der Waals surface area contributed by atoms with Gasteiger partial charge in [-0.15, -0.1) is 11.3 Å². The van der Waals surface area contributed by atoms with Crippen molar-refractivity contribution in [1.29, 1.82) is 0 Å². The van der Waals surface area contributed by atoms with Crippen LogP contribution in [-0.2, 0) is 10.0 Å². The molecule has 2 aromatic rings. The number of hydrogen-bond acceptors (Lipinski definition) is 5. The quantitative estimate of drug-likeness (QED) is 0.897. The summed E-state index contributed by atoms with van der Waals surface area (Å²) in [4.78, 5) is 14.3. The van der Waals surface area contributed by atoms with Gasteiger partial charge in [-0.05, 0) is 44.5 Å². The molecule has 2 heterocycles. The molecule has 0 unspecified atom stereocenters. The minimum Gasteiger partial charge on any atom is -0.438 e. The lowest BCUT2D eigenvalue weighted by atomic mass is 10.1. The molecule has 0 aliphatic heterocycles. The normalized spacial score (nSPS) is 13.1. The highest BCUT2D eigenvalue weighted by molar-refractivity contribution is 7.89. The Labute approximate surface area is 127 Å². The first-order valence-corrected chi connectivity index (χ1v) is 8.55. The number of nitrogens with one attached hydrogen (secondary N) is 1. The van der Waals surface area contributed by atoms with Gasteiger partial charge in [-0.2, -0.15) is 0 Å². The summed E-state index contributed by atoms with van der Waals surface area (Å²) in [6.07, 6.45) is 0. The van der Waals surface area contributed by atoms with Gasteiger partial charge in [0, 0.05) is 9.75 Å². The van der Waals surface area contributed by atoms with E-state index in [1.807, 2.05) is 26.8 Å². The number of primary sulfonamides is 1. The average Bonchev–Trinajstić information content (AvgIpc) is 2.95. The van der Waals surface area contributed by atoms with Gasteiger partial charge in [-0.1, -0.05) is 0 Å². The Kier molecular flexibility index (Phi) is 4.22. The second-order valence-corrected chi connectivity index (χ2v) is 7.68. The predicted octanol–water partition coefficient (Wildman–Crippen LogP) is 2.10. The van der Waals surface area contributed by atoms with Crippen molar-refractivity contribution >= 4 is 27.3 Å². The minimum absolute atomic E-state index is 0.0875. The van der Waals surface area contributed by atoms with Crippen LogP contribution in [0, 0.1) is 13.8 Å². The maximum atomic E-state index is 12.0. The van der Waals surface area contributed by atoms with Crippen molar-refractivity contribution in [2.75, 3.05) is 0 Å². The highest BCUT2D eigenvalue weighted by atomic mass is 32.2. The summed E-state index contributed by atoms with van der Waals surface area (Å²) in [7, 11) is -3.94. The van der Waals surface area contributed by atoms with Crippen molar-refractivity contribution < 1.29 is 17.6 Å². The van der Waals surface area contributed by atoms with Gasteiger partial charge in [0.1, 0.15) is 0 Å². The number of sulfonamides is 1. The second kappa shape index (κ2) is 5.63. The fraction of sp³-hybridized carbons (Fsp3) is 0.308. The van der Waals surface area contributed by atoms with Crippen LogP contribution < -0.4 is 10.5 Å². The monoisotopic (exact) mass is 328 g/mol. The molecule has 0 spiro atoms. The van der Waals surface area contributed by atoms with E-state index in [0.29, 0.717) is 0 Å². The first-order chi connectivity index (χ1) is 9.68. The zero-order chi connectivity index (χ0) is 15.8. The van der Waals surface area contributed by atoms with Crippen LogP contribution in [-0.4, -0.2) is 14.3 Å². The molecule has 0 saturated heterocycles. The smallest absolute Gasteiger partial charge is 0.287 e. The van der Waals surface area contributed by atoms with Gasteiger partial charge in [0.2, 0.25) is 5.09 Å². The molecule has 0 radical (unpaired) electrons. The maximum Gasteiger partial charge on any atom is 0.287 e. The minimum atomic E-state index is -3.94. The number of carbonyl (C=O) groups excluding carboxylic acids is 1. The molecular formula is C13H16N2O4S2. The van der Waals surface area contributed by atoms with Crippen molar-refractivity contribution in [2.24, 2.45) is 5.14 Å². The molecule has 2 aromatic heterocycles. The number of furan rings is 1. The van der Waals surface area contributed by atoms with E-state index in [0.717, 1.165) is 21.4 Å². The molecule has 0 aliphatic carbocycles. The largest absolute Gasteiger partial charge is 0.438 e. The summed E-state index contributed by atoms with van der Waals surface area (Å²) in [5, 5.41) is 7.28. The molecule has 0 bridgehead atoms. The van der Waals surface area contributed by atoms with Gasteiger partial charge >= 0.3 is 0 Å². The summed E-state index contributed by atoms with van der Waals surface area (Å²) in [5.74, 6) is -0.573. The predicted molar refractivity (Wildman–Crippen MR) is 79.8 cm³/mol. The van der Waals surface area contributed by atoms with E-state index in [9.17, 15) is 13.2 Å². The third-order valence-corrected chi connectivity index (χ3v) is 4.74. The van der Waals surface area contributed by atoms with Gasteiger partial charge < -0.3 is 9.73 Å². The summed E-state index contributed by atoms with van der Waals surface area (Å²) in [6, 6.07) is 4.26. The van der Waals surface area contributed by atoms with E-state index >= 15 is 0 Å². The maximum absolute atomic E-state index is 12.0. The number of aryl methyl sites for hydroxylation is 2. The van der Waals surface area contributed by atoms with Crippen LogP contribution in [0.5, 0.6) is 0 Å². The zero-order valence-electron chi connectivity index (χ0n) is 11.8. The van der Waals surface area contributed by atoms with E-state index < -0.39 is 21.0 Å². The highest BCUT2D eigenvalue weighted by Gasteiger charge is 2.20. The molecule has 8 heteroatoms. The van der Waals surface area contributed by atoms with E-state index in [2.05, 4.69) is 5.32 Å². The molecular weight excluding hydrogens is 312 g/mol. The number of nitrogens with two attached hydrogens (primary N) is 1. The van der Waals surface area contributed by atoms with Crippen molar-refractivity contribution in [2.45, 2.75) is 31.9 Å². The van der Waals surface area contributed by atoms with Gasteiger partial charge in [-0.3, -0.25) is 4.79 Å². The summed E-state index contributed by atoms with van der Waals surface area (Å²) >= 11 is 1.66. The average molecular weight is 328 g/mol.